The first-order chi connectivity index (χ1) is 36.1. The zero-order chi connectivity index (χ0) is 48.4. The highest BCUT2D eigenvalue weighted by molar-refractivity contribution is 6.11. The quantitative estimate of drug-likeness (QED) is 0.142. The van der Waals surface area contributed by atoms with Gasteiger partial charge in [-0.2, -0.15) is 0 Å². The summed E-state index contributed by atoms with van der Waals surface area (Å²) in [6.07, 6.45) is 7.61. The van der Waals surface area contributed by atoms with Gasteiger partial charge >= 0.3 is 0 Å². The molecule has 342 valence electrons. The highest BCUT2D eigenvalue weighted by atomic mass is 15.1. The van der Waals surface area contributed by atoms with E-state index < -0.39 is 0 Å². The fraction of sp³-hybridized carbons (Fsp3) is 0.0149. The summed E-state index contributed by atoms with van der Waals surface area (Å²) in [4.78, 5) is 21.5. The molecule has 0 spiro atoms. The van der Waals surface area contributed by atoms with Crippen LogP contribution < -0.4 is 4.90 Å². The molecule has 9 aromatic carbocycles. The van der Waals surface area contributed by atoms with Crippen LogP contribution in [0.5, 0.6) is 0 Å². The van der Waals surface area contributed by atoms with E-state index in [0.29, 0.717) is 0 Å². The van der Waals surface area contributed by atoms with Gasteiger partial charge in [-0.15, -0.1) is 0 Å². The Morgan fingerprint density at radius 1 is 0.329 bits per heavy atom. The van der Waals surface area contributed by atoms with Crippen molar-refractivity contribution in [2.24, 2.45) is 0 Å². The summed E-state index contributed by atoms with van der Waals surface area (Å²) in [6.45, 7) is 2.26. The van der Waals surface area contributed by atoms with Crippen LogP contribution in [0.25, 0.3) is 116 Å². The van der Waals surface area contributed by atoms with Crippen molar-refractivity contribution < 1.29 is 0 Å². The Morgan fingerprint density at radius 3 is 1.34 bits per heavy atom. The molecule has 0 N–H and O–H groups in total. The fourth-order valence-corrected chi connectivity index (χ4v) is 10.9. The summed E-state index contributed by atoms with van der Waals surface area (Å²) in [5.74, 6) is 0. The number of rotatable bonds is 8. The molecule has 14 aromatic rings. The van der Waals surface area contributed by atoms with Gasteiger partial charge in [0, 0.05) is 91.0 Å². The predicted molar refractivity (Wildman–Crippen MR) is 303 cm³/mol. The highest BCUT2D eigenvalue weighted by Crippen LogP contribution is 2.43. The minimum atomic E-state index is 0.915. The predicted octanol–water partition coefficient (Wildman–Crippen LogP) is 17.4. The second kappa shape index (κ2) is 17.3. The monoisotopic (exact) mass is 932 g/mol. The molecule has 0 aliphatic heterocycles. The summed E-state index contributed by atoms with van der Waals surface area (Å²) in [6, 6.07) is 80.7. The van der Waals surface area contributed by atoms with E-state index >= 15 is 0 Å². The van der Waals surface area contributed by atoms with E-state index in [-0.39, 0.29) is 0 Å². The maximum absolute atomic E-state index is 4.94. The molecule has 0 saturated carbocycles. The minimum absolute atomic E-state index is 0.915. The molecule has 5 heterocycles. The van der Waals surface area contributed by atoms with Crippen LogP contribution in [-0.2, 0) is 0 Å². The maximum Gasteiger partial charge on any atom is 0.0964 e. The van der Waals surface area contributed by atoms with E-state index in [0.717, 1.165) is 111 Å². The van der Waals surface area contributed by atoms with Crippen LogP contribution in [0.15, 0.2) is 249 Å². The van der Waals surface area contributed by atoms with Gasteiger partial charge in [0.2, 0.25) is 0 Å². The third kappa shape index (κ3) is 7.27. The number of pyridine rings is 4. The van der Waals surface area contributed by atoms with Gasteiger partial charge in [0.1, 0.15) is 0 Å². The van der Waals surface area contributed by atoms with Gasteiger partial charge in [-0.3, -0.25) is 19.9 Å². The van der Waals surface area contributed by atoms with E-state index in [1.165, 1.54) is 27.5 Å². The van der Waals surface area contributed by atoms with Crippen molar-refractivity contribution in [3.05, 3.63) is 255 Å². The largest absolute Gasteiger partial charge is 0.310 e. The second-order valence-electron chi connectivity index (χ2n) is 18.8. The van der Waals surface area contributed by atoms with E-state index in [1.807, 2.05) is 36.9 Å². The van der Waals surface area contributed by atoms with Crippen LogP contribution >= 0.6 is 0 Å². The van der Waals surface area contributed by atoms with Gasteiger partial charge in [0.25, 0.3) is 0 Å². The standard InChI is InChI=1S/C67H44N6/c1-43-59(46-24-20-44(21-25-46)52-36-50-30-28-48-12-10-34-68-64(48)66(50)70-41-52)39-57(40-60(43)47-26-22-45(23-27-47)53-37-51-31-29-49-13-11-35-69-65(49)67(51)71-42-53)73-62-19-9-8-18-58(62)61-38-56(32-33-63(61)73)72(54-14-4-2-5-15-54)55-16-6-3-7-17-55/h2-42H,1H3. The lowest BCUT2D eigenvalue weighted by atomic mass is 9.90. The molecule has 0 unspecified atom stereocenters. The molecular formula is C67H44N6. The zero-order valence-corrected chi connectivity index (χ0v) is 39.9. The number of hydrogen-bond donors (Lipinski definition) is 0. The van der Waals surface area contributed by atoms with Gasteiger partial charge < -0.3 is 9.47 Å². The Kier molecular flexibility index (Phi) is 9.96. The van der Waals surface area contributed by atoms with Crippen LogP contribution in [-0.4, -0.2) is 24.5 Å². The van der Waals surface area contributed by atoms with Crippen LogP contribution in [0.4, 0.5) is 17.1 Å². The number of fused-ring (bicyclic) bond motifs is 9. The molecule has 0 amide bonds. The van der Waals surface area contributed by atoms with Gasteiger partial charge in [0.15, 0.2) is 0 Å². The van der Waals surface area contributed by atoms with Crippen LogP contribution in [0, 0.1) is 6.92 Å². The molecule has 0 aliphatic carbocycles. The summed E-state index contributed by atoms with van der Waals surface area (Å²) >= 11 is 0. The molecule has 0 saturated heterocycles. The first-order valence-electron chi connectivity index (χ1n) is 24.7. The normalized spacial score (nSPS) is 11.6. The summed E-state index contributed by atoms with van der Waals surface area (Å²) < 4.78 is 2.44. The van der Waals surface area contributed by atoms with Gasteiger partial charge in [-0.1, -0.05) is 140 Å². The third-order valence-corrected chi connectivity index (χ3v) is 14.5. The maximum atomic E-state index is 4.94. The molecule has 5 aromatic heterocycles. The second-order valence-corrected chi connectivity index (χ2v) is 18.8. The third-order valence-electron chi connectivity index (χ3n) is 14.5. The van der Waals surface area contributed by atoms with Gasteiger partial charge in [0.05, 0.1) is 33.1 Å². The Morgan fingerprint density at radius 2 is 0.795 bits per heavy atom. The molecule has 6 heteroatoms. The van der Waals surface area contributed by atoms with Crippen molar-refractivity contribution in [1.82, 2.24) is 24.5 Å². The average molecular weight is 933 g/mol. The molecule has 0 aliphatic rings. The van der Waals surface area contributed by atoms with Crippen LogP contribution in [0.3, 0.4) is 0 Å². The lowest BCUT2D eigenvalue weighted by Gasteiger charge is -2.25. The molecule has 0 fully saturated rings. The van der Waals surface area contributed by atoms with Crippen molar-refractivity contribution in [3.63, 3.8) is 0 Å². The van der Waals surface area contributed by atoms with Crippen LogP contribution in [0.1, 0.15) is 5.56 Å². The molecule has 6 nitrogen and oxygen atoms in total. The Labute approximate surface area is 421 Å². The summed E-state index contributed by atoms with van der Waals surface area (Å²) in [5.41, 5.74) is 20.5. The molecule has 14 rings (SSSR count). The molecule has 0 atom stereocenters. The smallest absolute Gasteiger partial charge is 0.0964 e. The van der Waals surface area contributed by atoms with Crippen molar-refractivity contribution in [2.45, 2.75) is 6.92 Å². The van der Waals surface area contributed by atoms with Crippen LogP contribution in [0.2, 0.25) is 0 Å². The van der Waals surface area contributed by atoms with Crippen molar-refractivity contribution >= 4 is 82.5 Å². The SMILES string of the molecule is Cc1c(-c2ccc(-c3cnc4c(ccc5cccnc54)c3)cc2)cc(-n2c3ccccc3c3cc(N(c4ccccc4)c4ccccc4)ccc32)cc1-c1ccc(-c2cnc3c(ccc4cccnc43)c2)cc1. The molecule has 0 radical (unpaired) electrons. The van der Waals surface area contributed by atoms with Crippen molar-refractivity contribution in [1.29, 1.82) is 0 Å². The Bertz CT molecular complexity index is 4210. The molecule has 0 bridgehead atoms. The van der Waals surface area contributed by atoms with E-state index in [1.54, 1.807) is 0 Å². The Hall–Kier alpha value is -9.78. The highest BCUT2D eigenvalue weighted by Gasteiger charge is 2.20. The van der Waals surface area contributed by atoms with Gasteiger partial charge in [-0.25, -0.2) is 0 Å². The van der Waals surface area contributed by atoms with E-state index in [9.17, 15) is 0 Å². The number of anilines is 3. The summed E-state index contributed by atoms with van der Waals surface area (Å²) in [5, 5.41) is 6.69. The van der Waals surface area contributed by atoms with Crippen molar-refractivity contribution in [3.8, 4) is 50.2 Å². The Balaban J connectivity index is 0.910. The number of aromatic nitrogens is 5. The topological polar surface area (TPSA) is 59.7 Å². The first kappa shape index (κ1) is 42.1. The zero-order valence-electron chi connectivity index (χ0n) is 39.9. The number of hydrogen-bond acceptors (Lipinski definition) is 5. The van der Waals surface area contributed by atoms with E-state index in [2.05, 4.69) is 239 Å². The fourth-order valence-electron chi connectivity index (χ4n) is 10.9. The lowest BCUT2D eigenvalue weighted by Crippen LogP contribution is -2.09. The number of nitrogens with zero attached hydrogens (tertiary/aromatic N) is 6. The van der Waals surface area contributed by atoms with E-state index in [4.69, 9.17) is 9.97 Å². The average Bonchev–Trinajstić information content (AvgIpc) is 3.79. The molecule has 73 heavy (non-hydrogen) atoms. The number of para-hydroxylation sites is 3. The summed E-state index contributed by atoms with van der Waals surface area (Å²) in [7, 11) is 0. The number of benzene rings is 9. The lowest BCUT2D eigenvalue weighted by molar-refractivity contribution is 1.17. The first-order valence-corrected chi connectivity index (χ1v) is 24.7. The van der Waals surface area contributed by atoms with Crippen molar-refractivity contribution in [2.75, 3.05) is 4.90 Å². The van der Waals surface area contributed by atoms with Gasteiger partial charge in [-0.05, 0) is 131 Å². The minimum Gasteiger partial charge on any atom is -0.310 e. The molecular weight excluding hydrogens is 889 g/mol.